The Morgan fingerprint density at radius 2 is 2.24 bits per heavy atom. The van der Waals surface area contributed by atoms with Crippen LogP contribution >= 0.6 is 11.6 Å². The van der Waals surface area contributed by atoms with Gasteiger partial charge < -0.3 is 9.51 Å². The first-order valence-corrected chi connectivity index (χ1v) is 8.10. The SMILES string of the molecule is CCC(O)C1CCCCN1Cc1cn2cc(Cl)ccc2n1. The molecule has 0 amide bonds. The van der Waals surface area contributed by atoms with Crippen LogP contribution in [0.3, 0.4) is 0 Å². The van der Waals surface area contributed by atoms with Gasteiger partial charge in [-0.05, 0) is 37.9 Å². The van der Waals surface area contributed by atoms with E-state index in [4.69, 9.17) is 11.6 Å². The summed E-state index contributed by atoms with van der Waals surface area (Å²) in [7, 11) is 0. The predicted molar refractivity (Wildman–Crippen MR) is 84.5 cm³/mol. The van der Waals surface area contributed by atoms with E-state index >= 15 is 0 Å². The summed E-state index contributed by atoms with van der Waals surface area (Å²) in [4.78, 5) is 7.02. The first-order valence-electron chi connectivity index (χ1n) is 7.72. The molecule has 2 aromatic rings. The van der Waals surface area contributed by atoms with Crippen LogP contribution in [0, 0.1) is 0 Å². The second-order valence-corrected chi connectivity index (χ2v) is 6.29. The number of aliphatic hydroxyl groups is 1. The highest BCUT2D eigenvalue weighted by Crippen LogP contribution is 2.23. The molecule has 2 atom stereocenters. The molecule has 3 rings (SSSR count). The van der Waals surface area contributed by atoms with Crippen molar-refractivity contribution in [3.63, 3.8) is 0 Å². The van der Waals surface area contributed by atoms with E-state index in [1.54, 1.807) is 0 Å². The van der Waals surface area contributed by atoms with Gasteiger partial charge in [0.2, 0.25) is 0 Å². The Labute approximate surface area is 130 Å². The number of hydrogen-bond acceptors (Lipinski definition) is 3. The maximum atomic E-state index is 10.2. The molecule has 0 bridgehead atoms. The van der Waals surface area contributed by atoms with Gasteiger partial charge in [0.1, 0.15) is 5.65 Å². The zero-order valence-electron chi connectivity index (χ0n) is 12.4. The van der Waals surface area contributed by atoms with Gasteiger partial charge >= 0.3 is 0 Å². The summed E-state index contributed by atoms with van der Waals surface area (Å²) in [6, 6.07) is 4.05. The molecule has 1 saturated heterocycles. The van der Waals surface area contributed by atoms with E-state index in [9.17, 15) is 5.11 Å². The van der Waals surface area contributed by atoms with Crippen LogP contribution in [0.15, 0.2) is 24.5 Å². The molecule has 21 heavy (non-hydrogen) atoms. The van der Waals surface area contributed by atoms with Crippen LogP contribution in [0.1, 0.15) is 38.3 Å². The minimum atomic E-state index is -0.239. The third-order valence-corrected chi connectivity index (χ3v) is 4.58. The van der Waals surface area contributed by atoms with Crippen molar-refractivity contribution in [3.05, 3.63) is 35.2 Å². The maximum Gasteiger partial charge on any atom is 0.137 e. The number of halogens is 1. The fourth-order valence-electron chi connectivity index (χ4n) is 3.22. The topological polar surface area (TPSA) is 40.8 Å². The number of aliphatic hydroxyl groups excluding tert-OH is 1. The largest absolute Gasteiger partial charge is 0.392 e. The summed E-state index contributed by atoms with van der Waals surface area (Å²) in [5, 5.41) is 10.9. The van der Waals surface area contributed by atoms with Crippen LogP contribution in [0.25, 0.3) is 5.65 Å². The highest BCUT2D eigenvalue weighted by atomic mass is 35.5. The van der Waals surface area contributed by atoms with Gasteiger partial charge in [-0.2, -0.15) is 0 Å². The Balaban J connectivity index is 1.79. The van der Waals surface area contributed by atoms with Gasteiger partial charge in [0.15, 0.2) is 0 Å². The molecule has 0 radical (unpaired) electrons. The van der Waals surface area contributed by atoms with Gasteiger partial charge in [-0.25, -0.2) is 4.98 Å². The second-order valence-electron chi connectivity index (χ2n) is 5.85. The number of fused-ring (bicyclic) bond motifs is 1. The van der Waals surface area contributed by atoms with Gasteiger partial charge in [-0.1, -0.05) is 24.9 Å². The molecule has 1 aliphatic rings. The fraction of sp³-hybridized carbons (Fsp3) is 0.562. The summed E-state index contributed by atoms with van der Waals surface area (Å²) in [6.07, 6.45) is 7.96. The van der Waals surface area contributed by atoms with Gasteiger partial charge in [0, 0.05) is 25.0 Å². The highest BCUT2D eigenvalue weighted by Gasteiger charge is 2.28. The normalized spacial score (nSPS) is 21.8. The zero-order valence-corrected chi connectivity index (χ0v) is 13.1. The summed E-state index contributed by atoms with van der Waals surface area (Å²) in [5.74, 6) is 0. The number of rotatable bonds is 4. The van der Waals surface area contributed by atoms with Gasteiger partial charge in [-0.15, -0.1) is 0 Å². The molecular weight excluding hydrogens is 286 g/mol. The molecule has 114 valence electrons. The molecule has 1 fully saturated rings. The molecular formula is C16H22ClN3O. The molecule has 0 aliphatic carbocycles. The molecule has 5 heteroatoms. The Bertz CT molecular complexity index is 613. The van der Waals surface area contributed by atoms with E-state index in [0.29, 0.717) is 5.02 Å². The van der Waals surface area contributed by atoms with Crippen molar-refractivity contribution >= 4 is 17.2 Å². The van der Waals surface area contributed by atoms with Crippen LogP contribution in [0.2, 0.25) is 5.02 Å². The molecule has 0 aromatic carbocycles. The Morgan fingerprint density at radius 1 is 1.38 bits per heavy atom. The number of likely N-dealkylation sites (tertiary alicyclic amines) is 1. The van der Waals surface area contributed by atoms with Gasteiger partial charge in [-0.3, -0.25) is 4.90 Å². The third-order valence-electron chi connectivity index (χ3n) is 4.36. The summed E-state index contributed by atoms with van der Waals surface area (Å²) >= 11 is 6.01. The molecule has 2 unspecified atom stereocenters. The van der Waals surface area contributed by atoms with E-state index in [-0.39, 0.29) is 12.1 Å². The van der Waals surface area contributed by atoms with E-state index in [2.05, 4.69) is 9.88 Å². The third kappa shape index (κ3) is 3.23. The van der Waals surface area contributed by atoms with Crippen LogP contribution in [-0.2, 0) is 6.54 Å². The van der Waals surface area contributed by atoms with Crippen LogP contribution in [-0.4, -0.2) is 38.1 Å². The van der Waals surface area contributed by atoms with Crippen molar-refractivity contribution in [2.45, 2.75) is 51.3 Å². The zero-order chi connectivity index (χ0) is 14.8. The Morgan fingerprint density at radius 3 is 3.05 bits per heavy atom. The number of nitrogens with zero attached hydrogens (tertiary/aromatic N) is 3. The predicted octanol–water partition coefficient (Wildman–Crippen LogP) is 3.11. The van der Waals surface area contributed by atoms with Crippen molar-refractivity contribution in [1.29, 1.82) is 0 Å². The van der Waals surface area contributed by atoms with Crippen LogP contribution < -0.4 is 0 Å². The molecule has 0 saturated carbocycles. The molecule has 4 nitrogen and oxygen atoms in total. The number of imidazole rings is 1. The van der Waals surface area contributed by atoms with Crippen LogP contribution in [0.4, 0.5) is 0 Å². The summed E-state index contributed by atoms with van der Waals surface area (Å²) in [5.41, 5.74) is 1.95. The van der Waals surface area contributed by atoms with E-state index in [1.165, 1.54) is 12.8 Å². The number of aromatic nitrogens is 2. The lowest BCUT2D eigenvalue weighted by molar-refractivity contribution is 0.0190. The second kappa shape index (κ2) is 6.34. The molecule has 2 aromatic heterocycles. The quantitative estimate of drug-likeness (QED) is 0.943. The Kier molecular flexibility index (Phi) is 4.48. The number of hydrogen-bond donors (Lipinski definition) is 1. The fourth-order valence-corrected chi connectivity index (χ4v) is 3.39. The molecule has 1 N–H and O–H groups in total. The summed E-state index contributed by atoms with van der Waals surface area (Å²) < 4.78 is 1.97. The van der Waals surface area contributed by atoms with Crippen molar-refractivity contribution in [2.24, 2.45) is 0 Å². The van der Waals surface area contributed by atoms with Crippen molar-refractivity contribution in [3.8, 4) is 0 Å². The van der Waals surface area contributed by atoms with E-state index in [1.807, 2.05) is 35.9 Å². The van der Waals surface area contributed by atoms with Crippen molar-refractivity contribution in [1.82, 2.24) is 14.3 Å². The smallest absolute Gasteiger partial charge is 0.137 e. The Hall–Kier alpha value is -1.10. The number of piperidine rings is 1. The van der Waals surface area contributed by atoms with Crippen molar-refractivity contribution in [2.75, 3.05) is 6.54 Å². The van der Waals surface area contributed by atoms with Crippen LogP contribution in [0.5, 0.6) is 0 Å². The highest BCUT2D eigenvalue weighted by molar-refractivity contribution is 6.30. The lowest BCUT2D eigenvalue weighted by atomic mass is 9.96. The van der Waals surface area contributed by atoms with Gasteiger partial charge in [0.25, 0.3) is 0 Å². The molecule has 3 heterocycles. The first-order chi connectivity index (χ1) is 10.2. The lowest BCUT2D eigenvalue weighted by Gasteiger charge is -2.37. The molecule has 1 aliphatic heterocycles. The van der Waals surface area contributed by atoms with Gasteiger partial charge in [0.05, 0.1) is 16.8 Å². The maximum absolute atomic E-state index is 10.2. The summed E-state index contributed by atoms with van der Waals surface area (Å²) in [6.45, 7) is 3.88. The number of pyridine rings is 1. The average molecular weight is 308 g/mol. The van der Waals surface area contributed by atoms with E-state index in [0.717, 1.165) is 37.3 Å². The minimum Gasteiger partial charge on any atom is -0.392 e. The van der Waals surface area contributed by atoms with Crippen molar-refractivity contribution < 1.29 is 5.11 Å². The standard InChI is InChI=1S/C16H22ClN3O/c1-2-15(21)14-5-3-4-8-19(14)10-13-11-20-9-12(17)6-7-16(20)18-13/h6-7,9,11,14-15,21H,2-5,8,10H2,1H3. The lowest BCUT2D eigenvalue weighted by Crippen LogP contribution is -2.46. The average Bonchev–Trinajstić information content (AvgIpc) is 2.88. The monoisotopic (exact) mass is 307 g/mol. The molecule has 0 spiro atoms. The minimum absolute atomic E-state index is 0.239. The first kappa shape index (κ1) is 14.8. The van der Waals surface area contributed by atoms with E-state index < -0.39 is 0 Å².